The number of H-pyrrole nitrogens is 1. The average Bonchev–Trinajstić information content (AvgIpc) is 3.09. The third-order valence-electron chi connectivity index (χ3n) is 4.52. The molecule has 1 atom stereocenters. The van der Waals surface area contributed by atoms with Crippen molar-refractivity contribution in [3.8, 4) is 0 Å². The van der Waals surface area contributed by atoms with Crippen molar-refractivity contribution >= 4 is 22.9 Å². The maximum Gasteiger partial charge on any atom is 0.409 e. The minimum atomic E-state index is -0.507. The lowest BCUT2D eigenvalue weighted by molar-refractivity contribution is 0.0934. The molecule has 26 heavy (non-hydrogen) atoms. The van der Waals surface area contributed by atoms with E-state index in [-0.39, 0.29) is 24.1 Å². The third kappa shape index (κ3) is 3.19. The molecule has 1 saturated heterocycles. The number of carbonyl (C=O) groups is 2. The van der Waals surface area contributed by atoms with Gasteiger partial charge in [-0.25, -0.2) is 9.59 Å². The number of likely N-dealkylation sites (tertiary alicyclic amines) is 1. The topological polar surface area (TPSA) is 114 Å². The van der Waals surface area contributed by atoms with Crippen LogP contribution in [-0.2, 0) is 11.3 Å². The van der Waals surface area contributed by atoms with Gasteiger partial charge in [-0.1, -0.05) is 0 Å². The van der Waals surface area contributed by atoms with E-state index in [9.17, 15) is 19.2 Å². The third-order valence-corrected chi connectivity index (χ3v) is 4.52. The molecule has 2 heterocycles. The molecule has 2 amide bonds. The van der Waals surface area contributed by atoms with E-state index in [1.54, 1.807) is 13.0 Å². The van der Waals surface area contributed by atoms with E-state index in [2.05, 4.69) is 15.0 Å². The molecule has 0 spiro atoms. The van der Waals surface area contributed by atoms with E-state index in [0.717, 1.165) is 4.57 Å². The SMILES string of the molecule is CCn1c(=O)[nH]c2cc(C(=O)NC3CCN(C(=O)OC)C3)ccc2c1=O. The molecule has 2 N–H and O–H groups in total. The van der Waals surface area contributed by atoms with Gasteiger partial charge in [0.05, 0.1) is 18.0 Å². The summed E-state index contributed by atoms with van der Waals surface area (Å²) in [6.45, 7) is 2.87. The Bertz CT molecular complexity index is 977. The second-order valence-corrected chi connectivity index (χ2v) is 6.12. The number of aromatic amines is 1. The smallest absolute Gasteiger partial charge is 0.409 e. The fraction of sp³-hybridized carbons (Fsp3) is 0.412. The lowest BCUT2D eigenvalue weighted by atomic mass is 10.1. The molecule has 1 fully saturated rings. The molecular weight excluding hydrogens is 340 g/mol. The molecule has 1 aliphatic heterocycles. The van der Waals surface area contributed by atoms with E-state index in [0.29, 0.717) is 36.0 Å². The molecule has 1 aromatic carbocycles. The summed E-state index contributed by atoms with van der Waals surface area (Å²) in [6.07, 6.45) is 0.212. The van der Waals surface area contributed by atoms with E-state index in [1.807, 2.05) is 0 Å². The molecule has 9 nitrogen and oxygen atoms in total. The van der Waals surface area contributed by atoms with E-state index >= 15 is 0 Å². The van der Waals surface area contributed by atoms with Gasteiger partial charge in [0.2, 0.25) is 0 Å². The van der Waals surface area contributed by atoms with Crippen molar-refractivity contribution < 1.29 is 14.3 Å². The summed E-state index contributed by atoms with van der Waals surface area (Å²) in [5, 5.41) is 3.20. The van der Waals surface area contributed by atoms with Crippen LogP contribution in [0.2, 0.25) is 0 Å². The standard InChI is InChI=1S/C17H20N4O5/c1-3-21-15(23)12-5-4-10(8-13(12)19-16(21)24)14(22)18-11-6-7-20(9-11)17(25)26-2/h4-5,8,11H,3,6-7,9H2,1-2H3,(H,18,22)(H,19,24). The predicted molar refractivity (Wildman–Crippen MR) is 94.4 cm³/mol. The molecule has 0 saturated carbocycles. The summed E-state index contributed by atoms with van der Waals surface area (Å²) < 4.78 is 5.77. The van der Waals surface area contributed by atoms with Crippen molar-refractivity contribution in [1.29, 1.82) is 0 Å². The van der Waals surface area contributed by atoms with Gasteiger partial charge >= 0.3 is 11.8 Å². The maximum absolute atomic E-state index is 12.5. The minimum Gasteiger partial charge on any atom is -0.453 e. The Labute approximate surface area is 148 Å². The number of carbonyl (C=O) groups excluding carboxylic acids is 2. The zero-order valence-electron chi connectivity index (χ0n) is 14.6. The Balaban J connectivity index is 1.80. The van der Waals surface area contributed by atoms with Gasteiger partial charge in [0.15, 0.2) is 0 Å². The normalized spacial score (nSPS) is 16.7. The maximum atomic E-state index is 12.5. The molecule has 138 valence electrons. The van der Waals surface area contributed by atoms with Gasteiger partial charge < -0.3 is 19.9 Å². The van der Waals surface area contributed by atoms with Gasteiger partial charge in [-0.3, -0.25) is 14.2 Å². The van der Waals surface area contributed by atoms with Crippen molar-refractivity contribution in [1.82, 2.24) is 19.8 Å². The highest BCUT2D eigenvalue weighted by Crippen LogP contribution is 2.13. The molecule has 1 aliphatic rings. The lowest BCUT2D eigenvalue weighted by Gasteiger charge is -2.15. The van der Waals surface area contributed by atoms with Crippen molar-refractivity contribution in [3.05, 3.63) is 44.6 Å². The van der Waals surface area contributed by atoms with Crippen molar-refractivity contribution in [2.24, 2.45) is 0 Å². The van der Waals surface area contributed by atoms with Crippen LogP contribution in [0.4, 0.5) is 4.79 Å². The largest absolute Gasteiger partial charge is 0.453 e. The number of amides is 2. The summed E-state index contributed by atoms with van der Waals surface area (Å²) in [4.78, 5) is 52.3. The molecule has 1 unspecified atom stereocenters. The molecule has 3 rings (SSSR count). The molecule has 2 aromatic rings. The van der Waals surface area contributed by atoms with Crippen LogP contribution in [0.5, 0.6) is 0 Å². The van der Waals surface area contributed by atoms with Crippen LogP contribution < -0.4 is 16.6 Å². The zero-order chi connectivity index (χ0) is 18.8. The molecule has 0 aliphatic carbocycles. The zero-order valence-corrected chi connectivity index (χ0v) is 14.6. The Morgan fingerprint density at radius 2 is 2.12 bits per heavy atom. The van der Waals surface area contributed by atoms with Gasteiger partial charge in [-0.15, -0.1) is 0 Å². The highest BCUT2D eigenvalue weighted by Gasteiger charge is 2.28. The second kappa shape index (κ2) is 7.03. The van der Waals surface area contributed by atoms with Crippen LogP contribution in [-0.4, -0.2) is 52.7 Å². The summed E-state index contributed by atoms with van der Waals surface area (Å²) >= 11 is 0. The summed E-state index contributed by atoms with van der Waals surface area (Å²) in [5.74, 6) is -0.330. The number of fused-ring (bicyclic) bond motifs is 1. The lowest BCUT2D eigenvalue weighted by Crippen LogP contribution is -2.38. The second-order valence-electron chi connectivity index (χ2n) is 6.12. The quantitative estimate of drug-likeness (QED) is 0.816. The fourth-order valence-electron chi connectivity index (χ4n) is 3.12. The van der Waals surface area contributed by atoms with Gasteiger partial charge in [0, 0.05) is 31.2 Å². The van der Waals surface area contributed by atoms with Gasteiger partial charge in [0.1, 0.15) is 0 Å². The number of hydrogen-bond donors (Lipinski definition) is 2. The van der Waals surface area contributed by atoms with Crippen LogP contribution in [0.25, 0.3) is 10.9 Å². The number of hydrogen-bond acceptors (Lipinski definition) is 5. The number of rotatable bonds is 3. The first kappa shape index (κ1) is 17.7. The molecule has 0 bridgehead atoms. The van der Waals surface area contributed by atoms with Gasteiger partial charge in [0.25, 0.3) is 11.5 Å². The molecule has 1 aromatic heterocycles. The van der Waals surface area contributed by atoms with Crippen LogP contribution in [0.1, 0.15) is 23.7 Å². The first-order valence-electron chi connectivity index (χ1n) is 8.35. The number of ether oxygens (including phenoxy) is 1. The Morgan fingerprint density at radius 3 is 2.81 bits per heavy atom. The number of nitrogens with zero attached hydrogens (tertiary/aromatic N) is 2. The predicted octanol–water partition coefficient (Wildman–Crippen LogP) is 0.280. The minimum absolute atomic E-state index is 0.176. The van der Waals surface area contributed by atoms with Crippen LogP contribution >= 0.6 is 0 Å². The Hall–Kier alpha value is -3.10. The highest BCUT2D eigenvalue weighted by molar-refractivity contribution is 5.97. The monoisotopic (exact) mass is 360 g/mol. The molecule has 0 radical (unpaired) electrons. The van der Waals surface area contributed by atoms with Crippen LogP contribution in [0, 0.1) is 0 Å². The number of methoxy groups -OCH3 is 1. The fourth-order valence-corrected chi connectivity index (χ4v) is 3.12. The summed E-state index contributed by atoms with van der Waals surface area (Å²) in [6, 6.07) is 4.39. The van der Waals surface area contributed by atoms with E-state index < -0.39 is 11.8 Å². The van der Waals surface area contributed by atoms with Crippen molar-refractivity contribution in [3.63, 3.8) is 0 Å². The average molecular weight is 360 g/mol. The number of benzene rings is 1. The highest BCUT2D eigenvalue weighted by atomic mass is 16.5. The van der Waals surface area contributed by atoms with Gasteiger partial charge in [-0.05, 0) is 31.5 Å². The van der Waals surface area contributed by atoms with E-state index in [1.165, 1.54) is 24.1 Å². The Kier molecular flexibility index (Phi) is 4.79. The van der Waals surface area contributed by atoms with E-state index in [4.69, 9.17) is 0 Å². The number of nitrogens with one attached hydrogen (secondary N) is 2. The van der Waals surface area contributed by atoms with Crippen molar-refractivity contribution in [2.75, 3.05) is 20.2 Å². The number of aromatic nitrogens is 2. The van der Waals surface area contributed by atoms with Crippen molar-refractivity contribution in [2.45, 2.75) is 25.9 Å². The Morgan fingerprint density at radius 1 is 1.35 bits per heavy atom. The summed E-state index contributed by atoms with van der Waals surface area (Å²) in [5.41, 5.74) is -0.243. The first-order valence-corrected chi connectivity index (χ1v) is 8.35. The first-order chi connectivity index (χ1) is 12.4. The van der Waals surface area contributed by atoms with Crippen LogP contribution in [0.3, 0.4) is 0 Å². The van der Waals surface area contributed by atoms with Crippen LogP contribution in [0.15, 0.2) is 27.8 Å². The molecular formula is C17H20N4O5. The summed E-state index contributed by atoms with van der Waals surface area (Å²) in [7, 11) is 1.32. The van der Waals surface area contributed by atoms with Gasteiger partial charge in [-0.2, -0.15) is 0 Å². The molecule has 9 heteroatoms.